The highest BCUT2D eigenvalue weighted by Gasteiger charge is 2.28. The SMILES string of the molecule is CC1CCCCN1C(=O)CN1CCN(C(=O)c2cc([N+](=O)[O-])cc(S(C)(=O)=O)c2)CC1. The number of nitro benzene ring substituents is 1. The molecular formula is C20H28N4O6S. The standard InChI is InChI=1S/C20H28N4O6S/c1-15-5-3-4-6-23(15)19(25)14-21-7-9-22(10-8-21)20(26)16-11-17(24(27)28)13-18(12-16)31(2,29)30/h11-13,15H,3-10,14H2,1-2H3. The Bertz CT molecular complexity index is 972. The molecule has 0 spiro atoms. The van der Waals surface area contributed by atoms with Gasteiger partial charge in [0.1, 0.15) is 0 Å². The summed E-state index contributed by atoms with van der Waals surface area (Å²) in [5.41, 5.74) is -0.465. The highest BCUT2D eigenvalue weighted by molar-refractivity contribution is 7.90. The normalized spacial score (nSPS) is 20.5. The van der Waals surface area contributed by atoms with Crippen LogP contribution in [0.5, 0.6) is 0 Å². The minimum absolute atomic E-state index is 0.0266. The van der Waals surface area contributed by atoms with Crippen LogP contribution < -0.4 is 0 Å². The first-order valence-electron chi connectivity index (χ1n) is 10.4. The van der Waals surface area contributed by atoms with E-state index in [4.69, 9.17) is 0 Å². The van der Waals surface area contributed by atoms with Crippen molar-refractivity contribution < 1.29 is 22.9 Å². The highest BCUT2D eigenvalue weighted by atomic mass is 32.2. The lowest BCUT2D eigenvalue weighted by molar-refractivity contribution is -0.385. The molecule has 0 aromatic heterocycles. The van der Waals surface area contributed by atoms with Gasteiger partial charge in [0.15, 0.2) is 9.84 Å². The first-order chi connectivity index (χ1) is 14.6. The van der Waals surface area contributed by atoms with E-state index in [0.717, 1.165) is 44.2 Å². The van der Waals surface area contributed by atoms with Gasteiger partial charge >= 0.3 is 0 Å². The van der Waals surface area contributed by atoms with Gasteiger partial charge in [0.05, 0.1) is 16.4 Å². The van der Waals surface area contributed by atoms with Gasteiger partial charge in [0.2, 0.25) is 5.91 Å². The zero-order valence-corrected chi connectivity index (χ0v) is 18.6. The summed E-state index contributed by atoms with van der Waals surface area (Å²) in [6.45, 7) is 4.89. The molecule has 0 N–H and O–H groups in total. The Hall–Kier alpha value is -2.53. The van der Waals surface area contributed by atoms with Crippen molar-refractivity contribution in [2.24, 2.45) is 0 Å². The number of nitrogens with zero attached hydrogens (tertiary/aromatic N) is 4. The summed E-state index contributed by atoms with van der Waals surface area (Å²) >= 11 is 0. The summed E-state index contributed by atoms with van der Waals surface area (Å²) < 4.78 is 23.7. The number of non-ortho nitro benzene ring substituents is 1. The summed E-state index contributed by atoms with van der Waals surface area (Å²) in [6, 6.07) is 3.49. The van der Waals surface area contributed by atoms with Crippen LogP contribution in [-0.4, -0.2) is 91.4 Å². The number of benzene rings is 1. The third-order valence-corrected chi connectivity index (χ3v) is 7.01. The van der Waals surface area contributed by atoms with Crippen molar-refractivity contribution in [1.82, 2.24) is 14.7 Å². The molecule has 2 fully saturated rings. The number of nitro groups is 1. The topological polar surface area (TPSA) is 121 Å². The van der Waals surface area contributed by atoms with E-state index in [-0.39, 0.29) is 22.4 Å². The average Bonchev–Trinajstić information content (AvgIpc) is 2.73. The summed E-state index contributed by atoms with van der Waals surface area (Å²) in [4.78, 5) is 41.2. The predicted octanol–water partition coefficient (Wildman–Crippen LogP) is 1.16. The van der Waals surface area contributed by atoms with Crippen LogP contribution in [0.25, 0.3) is 0 Å². The number of amides is 2. The molecule has 2 saturated heterocycles. The van der Waals surface area contributed by atoms with E-state index >= 15 is 0 Å². The number of carbonyl (C=O) groups is 2. The Morgan fingerprint density at radius 3 is 2.35 bits per heavy atom. The molecule has 11 heteroatoms. The molecule has 2 aliphatic heterocycles. The highest BCUT2D eigenvalue weighted by Crippen LogP contribution is 2.23. The average molecular weight is 453 g/mol. The van der Waals surface area contributed by atoms with Crippen molar-refractivity contribution in [3.63, 3.8) is 0 Å². The van der Waals surface area contributed by atoms with E-state index < -0.39 is 26.4 Å². The summed E-state index contributed by atoms with van der Waals surface area (Å²) in [5.74, 6) is -0.354. The number of hydrogen-bond acceptors (Lipinski definition) is 7. The van der Waals surface area contributed by atoms with Gasteiger partial charge in [-0.1, -0.05) is 0 Å². The summed E-state index contributed by atoms with van der Waals surface area (Å²) in [6.07, 6.45) is 4.13. The predicted molar refractivity (Wildman–Crippen MR) is 114 cm³/mol. The largest absolute Gasteiger partial charge is 0.339 e. The van der Waals surface area contributed by atoms with E-state index in [1.165, 1.54) is 11.0 Å². The van der Waals surface area contributed by atoms with E-state index in [1.807, 2.05) is 9.80 Å². The number of carbonyl (C=O) groups excluding carboxylic acids is 2. The van der Waals surface area contributed by atoms with Gasteiger partial charge in [0.25, 0.3) is 11.6 Å². The molecule has 3 rings (SSSR count). The number of piperazine rings is 1. The molecule has 1 aromatic carbocycles. The van der Waals surface area contributed by atoms with E-state index in [0.29, 0.717) is 32.7 Å². The lowest BCUT2D eigenvalue weighted by Crippen LogP contribution is -2.53. The van der Waals surface area contributed by atoms with Crippen molar-refractivity contribution >= 4 is 27.3 Å². The van der Waals surface area contributed by atoms with Gasteiger partial charge in [-0.25, -0.2) is 8.42 Å². The van der Waals surface area contributed by atoms with Crippen molar-refractivity contribution in [2.45, 2.75) is 37.1 Å². The fourth-order valence-corrected chi connectivity index (χ4v) is 4.74. The maximum atomic E-state index is 12.9. The first-order valence-corrected chi connectivity index (χ1v) is 12.3. The fourth-order valence-electron chi connectivity index (χ4n) is 4.07. The molecule has 0 saturated carbocycles. The Morgan fingerprint density at radius 2 is 1.77 bits per heavy atom. The Labute approximate surface area is 181 Å². The zero-order valence-electron chi connectivity index (χ0n) is 17.8. The quantitative estimate of drug-likeness (QED) is 0.485. The van der Waals surface area contributed by atoms with Crippen LogP contribution in [0.15, 0.2) is 23.1 Å². The van der Waals surface area contributed by atoms with Crippen LogP contribution in [0, 0.1) is 10.1 Å². The van der Waals surface area contributed by atoms with Gasteiger partial charge < -0.3 is 9.80 Å². The molecule has 1 aromatic rings. The van der Waals surface area contributed by atoms with Gasteiger partial charge in [-0.05, 0) is 32.3 Å². The van der Waals surface area contributed by atoms with Crippen molar-refractivity contribution in [2.75, 3.05) is 45.5 Å². The minimum Gasteiger partial charge on any atom is -0.339 e. The fraction of sp³-hybridized carbons (Fsp3) is 0.600. The smallest absolute Gasteiger partial charge is 0.271 e. The molecule has 10 nitrogen and oxygen atoms in total. The monoisotopic (exact) mass is 452 g/mol. The van der Waals surface area contributed by atoms with Crippen molar-refractivity contribution in [3.05, 3.63) is 33.9 Å². The lowest BCUT2D eigenvalue weighted by atomic mass is 10.0. The number of hydrogen-bond donors (Lipinski definition) is 0. The van der Waals surface area contributed by atoms with Crippen LogP contribution in [0.4, 0.5) is 5.69 Å². The molecule has 1 unspecified atom stereocenters. The zero-order chi connectivity index (χ0) is 22.8. The van der Waals surface area contributed by atoms with Crippen molar-refractivity contribution in [1.29, 1.82) is 0 Å². The van der Waals surface area contributed by atoms with Crippen LogP contribution in [0.2, 0.25) is 0 Å². The third-order valence-electron chi connectivity index (χ3n) is 5.92. The molecule has 1 atom stereocenters. The van der Waals surface area contributed by atoms with Gasteiger partial charge in [-0.3, -0.25) is 24.6 Å². The van der Waals surface area contributed by atoms with Crippen LogP contribution >= 0.6 is 0 Å². The summed E-state index contributed by atoms with van der Waals surface area (Å²) in [5, 5.41) is 11.2. The van der Waals surface area contributed by atoms with Crippen molar-refractivity contribution in [3.8, 4) is 0 Å². The molecule has 170 valence electrons. The molecule has 2 aliphatic rings. The van der Waals surface area contributed by atoms with Gasteiger partial charge in [-0.2, -0.15) is 0 Å². The van der Waals surface area contributed by atoms with Gasteiger partial charge in [0, 0.05) is 62.7 Å². The number of piperidine rings is 1. The molecular weight excluding hydrogens is 424 g/mol. The molecule has 2 heterocycles. The second kappa shape index (κ2) is 9.31. The van der Waals surface area contributed by atoms with Crippen LogP contribution in [0.1, 0.15) is 36.5 Å². The lowest BCUT2D eigenvalue weighted by Gasteiger charge is -2.38. The molecule has 0 radical (unpaired) electrons. The molecule has 2 amide bonds. The van der Waals surface area contributed by atoms with Crippen LogP contribution in [-0.2, 0) is 14.6 Å². The molecule has 0 aliphatic carbocycles. The van der Waals surface area contributed by atoms with E-state index in [2.05, 4.69) is 6.92 Å². The third kappa shape index (κ3) is 5.59. The Balaban J connectivity index is 1.64. The number of rotatable bonds is 5. The summed E-state index contributed by atoms with van der Waals surface area (Å²) in [7, 11) is -3.71. The second-order valence-electron chi connectivity index (χ2n) is 8.25. The first kappa shape index (κ1) is 23.1. The van der Waals surface area contributed by atoms with Gasteiger partial charge in [-0.15, -0.1) is 0 Å². The Morgan fingerprint density at radius 1 is 1.10 bits per heavy atom. The molecule has 0 bridgehead atoms. The minimum atomic E-state index is -3.71. The maximum Gasteiger partial charge on any atom is 0.271 e. The number of sulfone groups is 1. The number of likely N-dealkylation sites (tertiary alicyclic amines) is 1. The molecule has 31 heavy (non-hydrogen) atoms. The Kier molecular flexibility index (Phi) is 6.95. The van der Waals surface area contributed by atoms with Crippen LogP contribution in [0.3, 0.4) is 0 Å². The second-order valence-corrected chi connectivity index (χ2v) is 10.3. The maximum absolute atomic E-state index is 12.9. The van der Waals surface area contributed by atoms with E-state index in [9.17, 15) is 28.1 Å². The van der Waals surface area contributed by atoms with E-state index in [1.54, 1.807) is 0 Å².